The Morgan fingerprint density at radius 1 is 1.38 bits per heavy atom. The molecule has 0 aliphatic rings. The summed E-state index contributed by atoms with van der Waals surface area (Å²) in [6.45, 7) is 1.04. The molecule has 0 bridgehead atoms. The first-order valence-electron chi connectivity index (χ1n) is 4.63. The van der Waals surface area contributed by atoms with Gasteiger partial charge in [0, 0.05) is 18.3 Å². The Bertz CT molecular complexity index is 242. The van der Waals surface area contributed by atoms with E-state index in [0.717, 1.165) is 25.1 Å². The molecule has 0 aromatic carbocycles. The predicted octanol–water partition coefficient (Wildman–Crippen LogP) is 1.79. The van der Waals surface area contributed by atoms with Crippen LogP contribution in [0.3, 0.4) is 0 Å². The van der Waals surface area contributed by atoms with Gasteiger partial charge in [-0.15, -0.1) is 0 Å². The molecule has 0 radical (unpaired) electrons. The third-order valence-electron chi connectivity index (χ3n) is 1.78. The molecule has 1 heterocycles. The number of rotatable bonds is 5. The van der Waals surface area contributed by atoms with Gasteiger partial charge < -0.3 is 5.32 Å². The maximum absolute atomic E-state index is 4.23. The zero-order valence-corrected chi connectivity index (χ0v) is 8.03. The van der Waals surface area contributed by atoms with Gasteiger partial charge in [-0.1, -0.05) is 18.2 Å². The second-order valence-electron chi connectivity index (χ2n) is 2.89. The van der Waals surface area contributed by atoms with Crippen molar-refractivity contribution in [2.45, 2.75) is 12.8 Å². The average Bonchev–Trinajstić information content (AvgIpc) is 2.19. The lowest BCUT2D eigenvalue weighted by Gasteiger charge is -1.93. The zero-order chi connectivity index (χ0) is 9.36. The molecule has 0 fully saturated rings. The number of nitrogens with one attached hydrogen (secondary N) is 1. The van der Waals surface area contributed by atoms with E-state index in [4.69, 9.17) is 0 Å². The topological polar surface area (TPSA) is 24.9 Å². The van der Waals surface area contributed by atoms with Crippen molar-refractivity contribution in [3.05, 3.63) is 42.2 Å². The molecule has 0 aliphatic heterocycles. The molecule has 1 aromatic rings. The van der Waals surface area contributed by atoms with Gasteiger partial charge in [-0.2, -0.15) is 0 Å². The lowest BCUT2D eigenvalue weighted by atomic mass is 10.2. The molecule has 70 valence electrons. The summed E-state index contributed by atoms with van der Waals surface area (Å²) in [6.07, 6.45) is 8.20. The van der Waals surface area contributed by atoms with Gasteiger partial charge in [0.1, 0.15) is 0 Å². The van der Waals surface area contributed by atoms with Crippen molar-refractivity contribution in [3.63, 3.8) is 0 Å². The number of nitrogens with zero attached hydrogens (tertiary/aromatic N) is 1. The molecular weight excluding hydrogens is 160 g/mol. The van der Waals surface area contributed by atoms with Crippen LogP contribution in [0.1, 0.15) is 12.1 Å². The Kier molecular flexibility index (Phi) is 4.87. The van der Waals surface area contributed by atoms with Gasteiger partial charge in [0.2, 0.25) is 0 Å². The molecule has 13 heavy (non-hydrogen) atoms. The molecule has 0 aliphatic carbocycles. The normalized spacial score (nSPS) is 10.8. The Hall–Kier alpha value is -1.15. The molecule has 1 aromatic heterocycles. The Morgan fingerprint density at radius 3 is 3.00 bits per heavy atom. The van der Waals surface area contributed by atoms with Crippen LogP contribution in [0.15, 0.2) is 36.5 Å². The van der Waals surface area contributed by atoms with E-state index in [1.165, 1.54) is 0 Å². The quantitative estimate of drug-likeness (QED) is 0.546. The van der Waals surface area contributed by atoms with E-state index in [1.807, 2.05) is 31.4 Å². The van der Waals surface area contributed by atoms with Crippen molar-refractivity contribution >= 4 is 0 Å². The molecule has 0 saturated heterocycles. The van der Waals surface area contributed by atoms with Crippen LogP contribution in [0.4, 0.5) is 0 Å². The highest BCUT2D eigenvalue weighted by Crippen LogP contribution is 1.95. The molecule has 0 amide bonds. The fourth-order valence-electron chi connectivity index (χ4n) is 1.07. The van der Waals surface area contributed by atoms with E-state index in [-0.39, 0.29) is 0 Å². The molecule has 0 unspecified atom stereocenters. The minimum absolute atomic E-state index is 0.935. The second kappa shape index (κ2) is 6.38. The summed E-state index contributed by atoms with van der Waals surface area (Å²) in [5, 5.41) is 3.10. The fourth-order valence-corrected chi connectivity index (χ4v) is 1.07. The van der Waals surface area contributed by atoms with Crippen LogP contribution in [-0.2, 0) is 6.42 Å². The van der Waals surface area contributed by atoms with E-state index in [2.05, 4.69) is 22.5 Å². The van der Waals surface area contributed by atoms with Crippen molar-refractivity contribution in [2.75, 3.05) is 13.6 Å². The molecule has 0 spiro atoms. The molecule has 1 rings (SSSR count). The summed E-state index contributed by atoms with van der Waals surface area (Å²) in [6, 6.07) is 6.00. The smallest absolute Gasteiger partial charge is 0.0441 e. The molecule has 0 atom stereocenters. The minimum atomic E-state index is 0.935. The summed E-state index contributed by atoms with van der Waals surface area (Å²) in [5.41, 5.74) is 1.13. The first-order valence-corrected chi connectivity index (χ1v) is 4.63. The van der Waals surface area contributed by atoms with E-state index in [0.29, 0.717) is 0 Å². The standard InChI is InChI=1S/C11H16N2/c1-12-9-5-2-3-7-11-8-4-6-10-13-11/h2-4,6,8,10,12H,5,7,9H2,1H3. The van der Waals surface area contributed by atoms with E-state index in [9.17, 15) is 0 Å². The van der Waals surface area contributed by atoms with Crippen LogP contribution in [0, 0.1) is 0 Å². The molecule has 1 N–H and O–H groups in total. The SMILES string of the molecule is CNCCC=CCc1ccccn1. The van der Waals surface area contributed by atoms with Crippen LogP contribution < -0.4 is 5.32 Å². The van der Waals surface area contributed by atoms with Crippen LogP contribution in [0.5, 0.6) is 0 Å². The summed E-state index contributed by atoms with van der Waals surface area (Å²) in [7, 11) is 1.96. The highest BCUT2D eigenvalue weighted by Gasteiger charge is 1.86. The van der Waals surface area contributed by atoms with E-state index < -0.39 is 0 Å². The average molecular weight is 176 g/mol. The van der Waals surface area contributed by atoms with Crippen LogP contribution in [0.25, 0.3) is 0 Å². The van der Waals surface area contributed by atoms with Gasteiger partial charge in [-0.05, 0) is 32.1 Å². The number of allylic oxidation sites excluding steroid dienone is 1. The van der Waals surface area contributed by atoms with Crippen molar-refractivity contribution in [3.8, 4) is 0 Å². The molecule has 2 nitrogen and oxygen atoms in total. The Labute approximate surface area is 79.7 Å². The largest absolute Gasteiger partial charge is 0.319 e. The van der Waals surface area contributed by atoms with Crippen molar-refractivity contribution in [1.82, 2.24) is 10.3 Å². The highest BCUT2D eigenvalue weighted by molar-refractivity contribution is 5.07. The molecular formula is C11H16N2. The van der Waals surface area contributed by atoms with Gasteiger partial charge in [-0.3, -0.25) is 4.98 Å². The van der Waals surface area contributed by atoms with Gasteiger partial charge in [0.15, 0.2) is 0 Å². The fraction of sp³-hybridized carbons (Fsp3) is 0.364. The van der Waals surface area contributed by atoms with Crippen molar-refractivity contribution < 1.29 is 0 Å². The zero-order valence-electron chi connectivity index (χ0n) is 8.03. The molecule has 2 heteroatoms. The van der Waals surface area contributed by atoms with E-state index in [1.54, 1.807) is 0 Å². The minimum Gasteiger partial charge on any atom is -0.319 e. The lowest BCUT2D eigenvalue weighted by molar-refractivity contribution is 0.806. The van der Waals surface area contributed by atoms with Crippen LogP contribution in [0.2, 0.25) is 0 Å². The van der Waals surface area contributed by atoms with Crippen LogP contribution >= 0.6 is 0 Å². The predicted molar refractivity (Wildman–Crippen MR) is 55.6 cm³/mol. The summed E-state index contributed by atoms with van der Waals surface area (Å²) in [4.78, 5) is 4.23. The third kappa shape index (κ3) is 4.43. The lowest BCUT2D eigenvalue weighted by Crippen LogP contribution is -2.05. The number of hydrogen-bond donors (Lipinski definition) is 1. The second-order valence-corrected chi connectivity index (χ2v) is 2.89. The highest BCUT2D eigenvalue weighted by atomic mass is 14.8. The monoisotopic (exact) mass is 176 g/mol. The number of aromatic nitrogens is 1. The van der Waals surface area contributed by atoms with Crippen molar-refractivity contribution in [2.24, 2.45) is 0 Å². The number of hydrogen-bond acceptors (Lipinski definition) is 2. The number of pyridine rings is 1. The Balaban J connectivity index is 2.23. The van der Waals surface area contributed by atoms with Gasteiger partial charge in [0.25, 0.3) is 0 Å². The maximum atomic E-state index is 4.23. The van der Waals surface area contributed by atoms with Gasteiger partial charge in [-0.25, -0.2) is 0 Å². The summed E-state index contributed by atoms with van der Waals surface area (Å²) in [5.74, 6) is 0. The summed E-state index contributed by atoms with van der Waals surface area (Å²) < 4.78 is 0. The maximum Gasteiger partial charge on any atom is 0.0441 e. The Morgan fingerprint density at radius 2 is 2.31 bits per heavy atom. The van der Waals surface area contributed by atoms with Crippen molar-refractivity contribution in [1.29, 1.82) is 0 Å². The summed E-state index contributed by atoms with van der Waals surface area (Å²) >= 11 is 0. The molecule has 0 saturated carbocycles. The van der Waals surface area contributed by atoms with Gasteiger partial charge in [0.05, 0.1) is 0 Å². The third-order valence-corrected chi connectivity index (χ3v) is 1.78. The van der Waals surface area contributed by atoms with Crippen LogP contribution in [-0.4, -0.2) is 18.6 Å². The first kappa shape index (κ1) is 9.93. The van der Waals surface area contributed by atoms with Gasteiger partial charge >= 0.3 is 0 Å². The van der Waals surface area contributed by atoms with E-state index >= 15 is 0 Å². The first-order chi connectivity index (χ1) is 6.43.